The summed E-state index contributed by atoms with van der Waals surface area (Å²) in [5.74, 6) is 0.793. The lowest BCUT2D eigenvalue weighted by Gasteiger charge is -2.31. The molecule has 1 saturated heterocycles. The zero-order valence-electron chi connectivity index (χ0n) is 12.1. The van der Waals surface area contributed by atoms with Gasteiger partial charge in [0, 0.05) is 26.2 Å². The molecule has 0 aromatic carbocycles. The number of rotatable bonds is 3. The quantitative estimate of drug-likeness (QED) is 0.794. The molecule has 1 aliphatic heterocycles. The summed E-state index contributed by atoms with van der Waals surface area (Å²) in [5.41, 5.74) is 6.18. The Labute approximate surface area is 116 Å². The second-order valence-electron chi connectivity index (χ2n) is 6.21. The lowest BCUT2D eigenvalue weighted by molar-refractivity contribution is -0.136. The van der Waals surface area contributed by atoms with E-state index in [4.69, 9.17) is 10.5 Å². The third-order valence-corrected chi connectivity index (χ3v) is 4.55. The SMILES string of the molecule is CN(CC1CCCOC1)C(=O)C1CCCCCC1N. The van der Waals surface area contributed by atoms with Gasteiger partial charge in [0.15, 0.2) is 0 Å². The van der Waals surface area contributed by atoms with E-state index in [1.54, 1.807) is 0 Å². The highest BCUT2D eigenvalue weighted by atomic mass is 16.5. The summed E-state index contributed by atoms with van der Waals surface area (Å²) >= 11 is 0. The number of nitrogens with two attached hydrogens (primary N) is 1. The molecule has 19 heavy (non-hydrogen) atoms. The number of nitrogens with zero attached hydrogens (tertiary/aromatic N) is 1. The molecule has 0 bridgehead atoms. The van der Waals surface area contributed by atoms with Crippen LogP contribution in [0.2, 0.25) is 0 Å². The molecule has 2 N–H and O–H groups in total. The minimum absolute atomic E-state index is 0.0389. The van der Waals surface area contributed by atoms with Gasteiger partial charge in [-0.25, -0.2) is 0 Å². The van der Waals surface area contributed by atoms with Gasteiger partial charge >= 0.3 is 0 Å². The first-order valence-corrected chi connectivity index (χ1v) is 7.77. The molecule has 1 saturated carbocycles. The van der Waals surface area contributed by atoms with Crippen molar-refractivity contribution in [1.29, 1.82) is 0 Å². The van der Waals surface area contributed by atoms with Crippen LogP contribution in [0.5, 0.6) is 0 Å². The summed E-state index contributed by atoms with van der Waals surface area (Å²) < 4.78 is 5.49. The van der Waals surface area contributed by atoms with E-state index >= 15 is 0 Å². The average Bonchev–Trinajstić information content (AvgIpc) is 2.63. The number of hydrogen-bond donors (Lipinski definition) is 1. The number of ether oxygens (including phenoxy) is 1. The molecule has 1 aliphatic carbocycles. The van der Waals surface area contributed by atoms with Crippen molar-refractivity contribution in [2.75, 3.05) is 26.8 Å². The Kier molecular flexibility index (Phi) is 5.64. The first kappa shape index (κ1) is 14.8. The maximum absolute atomic E-state index is 12.5. The van der Waals surface area contributed by atoms with E-state index in [1.807, 2.05) is 11.9 Å². The second-order valence-corrected chi connectivity index (χ2v) is 6.21. The predicted molar refractivity (Wildman–Crippen MR) is 75.7 cm³/mol. The summed E-state index contributed by atoms with van der Waals surface area (Å²) in [5, 5.41) is 0. The second kappa shape index (κ2) is 7.25. The van der Waals surface area contributed by atoms with Crippen LogP contribution in [-0.4, -0.2) is 43.7 Å². The topological polar surface area (TPSA) is 55.6 Å². The highest BCUT2D eigenvalue weighted by Gasteiger charge is 2.30. The molecule has 0 spiro atoms. The van der Waals surface area contributed by atoms with E-state index in [2.05, 4.69) is 0 Å². The van der Waals surface area contributed by atoms with Crippen LogP contribution in [0.15, 0.2) is 0 Å². The van der Waals surface area contributed by atoms with Crippen LogP contribution in [0.3, 0.4) is 0 Å². The Balaban J connectivity index is 1.85. The van der Waals surface area contributed by atoms with Crippen molar-refractivity contribution in [1.82, 2.24) is 4.90 Å². The fourth-order valence-corrected chi connectivity index (χ4v) is 3.35. The zero-order valence-corrected chi connectivity index (χ0v) is 12.1. The predicted octanol–water partition coefficient (Wildman–Crippen LogP) is 1.78. The Morgan fingerprint density at radius 1 is 1.21 bits per heavy atom. The van der Waals surface area contributed by atoms with Crippen LogP contribution < -0.4 is 5.73 Å². The first-order valence-electron chi connectivity index (χ1n) is 7.77. The molecule has 4 heteroatoms. The van der Waals surface area contributed by atoms with Crippen LogP contribution in [0.4, 0.5) is 0 Å². The van der Waals surface area contributed by atoms with Crippen molar-refractivity contribution in [3.8, 4) is 0 Å². The van der Waals surface area contributed by atoms with Crippen molar-refractivity contribution in [2.24, 2.45) is 17.6 Å². The van der Waals surface area contributed by atoms with Gasteiger partial charge in [-0.1, -0.05) is 19.3 Å². The minimum atomic E-state index is 0.0389. The van der Waals surface area contributed by atoms with Gasteiger partial charge in [-0.3, -0.25) is 4.79 Å². The van der Waals surface area contributed by atoms with Crippen LogP contribution >= 0.6 is 0 Å². The van der Waals surface area contributed by atoms with Crippen molar-refractivity contribution in [2.45, 2.75) is 51.0 Å². The van der Waals surface area contributed by atoms with E-state index in [9.17, 15) is 4.79 Å². The Hall–Kier alpha value is -0.610. The number of carbonyl (C=O) groups excluding carboxylic acids is 1. The third kappa shape index (κ3) is 4.18. The maximum Gasteiger partial charge on any atom is 0.226 e. The lowest BCUT2D eigenvalue weighted by Crippen LogP contribution is -2.44. The zero-order chi connectivity index (χ0) is 13.7. The maximum atomic E-state index is 12.5. The monoisotopic (exact) mass is 268 g/mol. The van der Waals surface area contributed by atoms with E-state index < -0.39 is 0 Å². The van der Waals surface area contributed by atoms with Gasteiger partial charge < -0.3 is 15.4 Å². The van der Waals surface area contributed by atoms with Crippen LogP contribution in [-0.2, 0) is 9.53 Å². The summed E-state index contributed by atoms with van der Waals surface area (Å²) in [7, 11) is 1.93. The Morgan fingerprint density at radius 3 is 2.74 bits per heavy atom. The van der Waals surface area contributed by atoms with E-state index in [-0.39, 0.29) is 17.9 Å². The molecule has 3 atom stereocenters. The van der Waals surface area contributed by atoms with Crippen LogP contribution in [0, 0.1) is 11.8 Å². The molecule has 1 amide bonds. The van der Waals surface area contributed by atoms with Gasteiger partial charge in [-0.05, 0) is 31.6 Å². The molecular formula is C15H28N2O2. The van der Waals surface area contributed by atoms with Crippen LogP contribution in [0.1, 0.15) is 44.9 Å². The highest BCUT2D eigenvalue weighted by molar-refractivity contribution is 5.79. The van der Waals surface area contributed by atoms with Crippen molar-refractivity contribution >= 4 is 5.91 Å². The molecule has 2 fully saturated rings. The molecule has 1 heterocycles. The van der Waals surface area contributed by atoms with Gasteiger partial charge in [-0.15, -0.1) is 0 Å². The molecular weight excluding hydrogens is 240 g/mol. The molecule has 2 aliphatic rings. The Bertz CT molecular complexity index is 290. The third-order valence-electron chi connectivity index (χ3n) is 4.55. The standard InChI is InChI=1S/C15H28N2O2/c1-17(10-12-6-5-9-19-11-12)15(18)13-7-3-2-4-8-14(13)16/h12-14H,2-11,16H2,1H3. The van der Waals surface area contributed by atoms with Gasteiger partial charge in [0.1, 0.15) is 0 Å². The van der Waals surface area contributed by atoms with Crippen LogP contribution in [0.25, 0.3) is 0 Å². The molecule has 110 valence electrons. The summed E-state index contributed by atoms with van der Waals surface area (Å²) in [6, 6.07) is 0.0556. The van der Waals surface area contributed by atoms with E-state index in [1.165, 1.54) is 19.3 Å². The number of carbonyl (C=O) groups is 1. The Morgan fingerprint density at radius 2 is 2.00 bits per heavy atom. The van der Waals surface area contributed by atoms with Crippen molar-refractivity contribution < 1.29 is 9.53 Å². The van der Waals surface area contributed by atoms with Gasteiger partial charge in [-0.2, -0.15) is 0 Å². The fraction of sp³-hybridized carbons (Fsp3) is 0.933. The highest BCUT2D eigenvalue weighted by Crippen LogP contribution is 2.24. The van der Waals surface area contributed by atoms with Gasteiger partial charge in [0.05, 0.1) is 12.5 Å². The van der Waals surface area contributed by atoms with Gasteiger partial charge in [0.25, 0.3) is 0 Å². The molecule has 4 nitrogen and oxygen atoms in total. The minimum Gasteiger partial charge on any atom is -0.381 e. The number of hydrogen-bond acceptors (Lipinski definition) is 3. The smallest absolute Gasteiger partial charge is 0.226 e. The molecule has 0 aromatic heterocycles. The summed E-state index contributed by atoms with van der Waals surface area (Å²) in [4.78, 5) is 14.4. The molecule has 3 unspecified atom stereocenters. The number of amides is 1. The average molecular weight is 268 g/mol. The normalized spacial score (nSPS) is 32.6. The molecule has 0 aromatic rings. The molecule has 0 radical (unpaired) electrons. The van der Waals surface area contributed by atoms with Crippen molar-refractivity contribution in [3.63, 3.8) is 0 Å². The largest absolute Gasteiger partial charge is 0.381 e. The fourth-order valence-electron chi connectivity index (χ4n) is 3.35. The summed E-state index contributed by atoms with van der Waals surface area (Å²) in [6.07, 6.45) is 7.79. The van der Waals surface area contributed by atoms with Gasteiger partial charge in [0.2, 0.25) is 5.91 Å². The van der Waals surface area contributed by atoms with E-state index in [0.717, 1.165) is 45.4 Å². The van der Waals surface area contributed by atoms with E-state index in [0.29, 0.717) is 5.92 Å². The lowest BCUT2D eigenvalue weighted by atomic mass is 9.93. The summed E-state index contributed by atoms with van der Waals surface area (Å²) in [6.45, 7) is 2.50. The molecule has 2 rings (SSSR count). The first-order chi connectivity index (χ1) is 9.18. The van der Waals surface area contributed by atoms with Crippen molar-refractivity contribution in [3.05, 3.63) is 0 Å².